The summed E-state index contributed by atoms with van der Waals surface area (Å²) in [6.45, 7) is 0. The van der Waals surface area contributed by atoms with Gasteiger partial charge in [0.25, 0.3) is 0 Å². The number of carboxylic acid groups (broad SMARTS) is 1. The van der Waals surface area contributed by atoms with Crippen LogP contribution in [0.2, 0.25) is 0 Å². The number of rotatable bonds is 3. The third-order valence-corrected chi connectivity index (χ3v) is 4.62. The number of anilines is 1. The van der Waals surface area contributed by atoms with E-state index in [9.17, 15) is 9.90 Å². The molecule has 0 aliphatic carbocycles. The van der Waals surface area contributed by atoms with Gasteiger partial charge >= 0.3 is 5.97 Å². The van der Waals surface area contributed by atoms with Crippen molar-refractivity contribution in [3.8, 4) is 0 Å². The second-order valence-corrected chi connectivity index (χ2v) is 6.03. The molecule has 1 saturated heterocycles. The lowest BCUT2D eigenvalue weighted by Crippen LogP contribution is -2.26. The smallest absolute Gasteiger partial charge is 0.338 e. The van der Waals surface area contributed by atoms with Crippen LogP contribution in [0.15, 0.2) is 22.7 Å². The molecule has 0 saturated carbocycles. The summed E-state index contributed by atoms with van der Waals surface area (Å²) in [6.07, 6.45) is 2.30. The molecule has 1 aliphatic heterocycles. The highest BCUT2D eigenvalue weighted by atomic mass is 79.9. The summed E-state index contributed by atoms with van der Waals surface area (Å²) in [5.41, 5.74) is 1.03. The first-order chi connectivity index (χ1) is 8.18. The van der Waals surface area contributed by atoms with Gasteiger partial charge in [-0.2, -0.15) is 11.8 Å². The molecule has 1 aromatic rings. The molecule has 0 amide bonds. The minimum Gasteiger partial charge on any atom is -0.478 e. The molecule has 2 rings (SSSR count). The monoisotopic (exact) mass is 315 g/mol. The first kappa shape index (κ1) is 12.8. The number of carbonyl (C=O) groups is 1. The molecule has 17 heavy (non-hydrogen) atoms. The SMILES string of the molecule is O=C(O)c1c(Br)cccc1NC1CCCSC1. The minimum atomic E-state index is -0.900. The van der Waals surface area contributed by atoms with E-state index in [2.05, 4.69) is 21.2 Å². The fourth-order valence-electron chi connectivity index (χ4n) is 1.94. The average Bonchev–Trinajstić information content (AvgIpc) is 2.30. The van der Waals surface area contributed by atoms with Crippen LogP contribution in [0, 0.1) is 0 Å². The Morgan fingerprint density at radius 2 is 2.35 bits per heavy atom. The molecule has 1 atom stereocenters. The van der Waals surface area contributed by atoms with Crippen molar-refractivity contribution in [1.82, 2.24) is 0 Å². The summed E-state index contributed by atoms with van der Waals surface area (Å²) in [5.74, 6) is 1.36. The fourth-order valence-corrected chi connectivity index (χ4v) is 3.54. The van der Waals surface area contributed by atoms with Crippen molar-refractivity contribution >= 4 is 39.3 Å². The lowest BCUT2D eigenvalue weighted by Gasteiger charge is -2.24. The van der Waals surface area contributed by atoms with E-state index in [1.54, 1.807) is 6.07 Å². The molecule has 3 nitrogen and oxygen atoms in total. The van der Waals surface area contributed by atoms with Crippen molar-refractivity contribution in [2.24, 2.45) is 0 Å². The van der Waals surface area contributed by atoms with E-state index in [-0.39, 0.29) is 0 Å². The van der Waals surface area contributed by atoms with E-state index in [1.807, 2.05) is 23.9 Å². The highest BCUT2D eigenvalue weighted by Gasteiger charge is 2.18. The number of halogens is 1. The van der Waals surface area contributed by atoms with Crippen LogP contribution >= 0.6 is 27.7 Å². The Bertz CT molecular complexity index is 419. The van der Waals surface area contributed by atoms with Crippen LogP contribution in [0.5, 0.6) is 0 Å². The number of nitrogens with one attached hydrogen (secondary N) is 1. The molecule has 0 radical (unpaired) electrons. The van der Waals surface area contributed by atoms with Crippen LogP contribution in [-0.4, -0.2) is 28.6 Å². The van der Waals surface area contributed by atoms with E-state index in [4.69, 9.17) is 0 Å². The van der Waals surface area contributed by atoms with Crippen LogP contribution < -0.4 is 5.32 Å². The van der Waals surface area contributed by atoms with Gasteiger partial charge in [0, 0.05) is 16.3 Å². The van der Waals surface area contributed by atoms with Crippen LogP contribution in [0.4, 0.5) is 5.69 Å². The van der Waals surface area contributed by atoms with E-state index in [1.165, 1.54) is 12.2 Å². The number of hydrogen-bond donors (Lipinski definition) is 2. The maximum Gasteiger partial charge on any atom is 0.338 e. The molecule has 92 valence electrons. The maximum absolute atomic E-state index is 11.2. The molecule has 1 heterocycles. The molecule has 1 aliphatic rings. The molecule has 1 fully saturated rings. The molecule has 0 aromatic heterocycles. The largest absolute Gasteiger partial charge is 0.478 e. The average molecular weight is 316 g/mol. The maximum atomic E-state index is 11.2. The van der Waals surface area contributed by atoms with Gasteiger partial charge < -0.3 is 10.4 Å². The van der Waals surface area contributed by atoms with Crippen molar-refractivity contribution < 1.29 is 9.90 Å². The van der Waals surface area contributed by atoms with Crippen LogP contribution in [0.25, 0.3) is 0 Å². The van der Waals surface area contributed by atoms with Gasteiger partial charge in [0.15, 0.2) is 0 Å². The number of thioether (sulfide) groups is 1. The summed E-state index contributed by atoms with van der Waals surface area (Å²) >= 11 is 5.21. The van der Waals surface area contributed by atoms with Gasteiger partial charge in [-0.15, -0.1) is 0 Å². The van der Waals surface area contributed by atoms with Gasteiger partial charge in [-0.1, -0.05) is 6.07 Å². The lowest BCUT2D eigenvalue weighted by molar-refractivity contribution is 0.0697. The summed E-state index contributed by atoms with van der Waals surface area (Å²) in [6, 6.07) is 5.81. The van der Waals surface area contributed by atoms with Crippen molar-refractivity contribution in [2.45, 2.75) is 18.9 Å². The molecule has 2 N–H and O–H groups in total. The second kappa shape index (κ2) is 5.78. The standard InChI is InChI=1S/C12H14BrNO2S/c13-9-4-1-5-10(11(9)12(15)16)14-8-3-2-6-17-7-8/h1,4-5,8,14H,2-3,6-7H2,(H,15,16). The minimum absolute atomic E-state index is 0.322. The summed E-state index contributed by atoms with van der Waals surface area (Å²) in [5, 5.41) is 12.5. The third-order valence-electron chi connectivity index (χ3n) is 2.75. The first-order valence-corrected chi connectivity index (χ1v) is 7.49. The predicted molar refractivity (Wildman–Crippen MR) is 75.1 cm³/mol. The Hall–Kier alpha value is -0.680. The van der Waals surface area contributed by atoms with Gasteiger partial charge in [0.05, 0.1) is 11.3 Å². The van der Waals surface area contributed by atoms with Crippen LogP contribution in [0.1, 0.15) is 23.2 Å². The van der Waals surface area contributed by atoms with Crippen molar-refractivity contribution in [3.05, 3.63) is 28.2 Å². The molecule has 1 unspecified atom stereocenters. The molecular formula is C12H14BrNO2S. The zero-order chi connectivity index (χ0) is 12.3. The van der Waals surface area contributed by atoms with E-state index in [0.29, 0.717) is 21.8 Å². The van der Waals surface area contributed by atoms with Crippen LogP contribution in [0.3, 0.4) is 0 Å². The van der Waals surface area contributed by atoms with E-state index < -0.39 is 5.97 Å². The topological polar surface area (TPSA) is 49.3 Å². The van der Waals surface area contributed by atoms with E-state index in [0.717, 1.165) is 12.2 Å². The van der Waals surface area contributed by atoms with Crippen molar-refractivity contribution in [2.75, 3.05) is 16.8 Å². The summed E-state index contributed by atoms with van der Waals surface area (Å²) in [4.78, 5) is 11.2. The number of carboxylic acids is 1. The predicted octanol–water partition coefficient (Wildman–Crippen LogP) is 3.45. The highest BCUT2D eigenvalue weighted by Crippen LogP contribution is 2.27. The molecule has 0 bridgehead atoms. The normalized spacial score (nSPS) is 19.9. The van der Waals surface area contributed by atoms with Gasteiger partial charge in [-0.3, -0.25) is 0 Å². The van der Waals surface area contributed by atoms with Crippen LogP contribution in [-0.2, 0) is 0 Å². The van der Waals surface area contributed by atoms with Crippen molar-refractivity contribution in [1.29, 1.82) is 0 Å². The zero-order valence-electron chi connectivity index (χ0n) is 9.28. The highest BCUT2D eigenvalue weighted by molar-refractivity contribution is 9.10. The number of benzene rings is 1. The molecule has 1 aromatic carbocycles. The van der Waals surface area contributed by atoms with Crippen molar-refractivity contribution in [3.63, 3.8) is 0 Å². The summed E-state index contributed by atoms with van der Waals surface area (Å²) < 4.78 is 0.624. The first-order valence-electron chi connectivity index (χ1n) is 5.54. The zero-order valence-corrected chi connectivity index (χ0v) is 11.7. The second-order valence-electron chi connectivity index (χ2n) is 4.03. The van der Waals surface area contributed by atoms with Gasteiger partial charge in [-0.25, -0.2) is 4.79 Å². The Balaban J connectivity index is 2.19. The quantitative estimate of drug-likeness (QED) is 0.897. The number of hydrogen-bond acceptors (Lipinski definition) is 3. The molecule has 0 spiro atoms. The van der Waals surface area contributed by atoms with Gasteiger partial charge in [-0.05, 0) is 46.7 Å². The summed E-state index contributed by atoms with van der Waals surface area (Å²) in [7, 11) is 0. The fraction of sp³-hybridized carbons (Fsp3) is 0.417. The lowest BCUT2D eigenvalue weighted by atomic mass is 10.1. The Morgan fingerprint density at radius 3 is 3.00 bits per heavy atom. The van der Waals surface area contributed by atoms with Gasteiger partial charge in [0.2, 0.25) is 0 Å². The van der Waals surface area contributed by atoms with E-state index >= 15 is 0 Å². The Labute approximate surface area is 113 Å². The molecular weight excluding hydrogens is 302 g/mol. The van der Waals surface area contributed by atoms with Gasteiger partial charge in [0.1, 0.15) is 0 Å². The Morgan fingerprint density at radius 1 is 1.53 bits per heavy atom. The Kier molecular flexibility index (Phi) is 4.34. The third kappa shape index (κ3) is 3.16. The molecule has 5 heteroatoms. The number of aromatic carboxylic acids is 1.